The highest BCUT2D eigenvalue weighted by molar-refractivity contribution is 5.70. The summed E-state index contributed by atoms with van der Waals surface area (Å²) in [4.78, 5) is 11.2. The number of esters is 1. The van der Waals surface area contributed by atoms with Crippen LogP contribution in [0, 0.1) is 11.8 Å². The van der Waals surface area contributed by atoms with Crippen molar-refractivity contribution in [3.05, 3.63) is 0 Å². The normalized spacial score (nSPS) is 41.8. The van der Waals surface area contributed by atoms with E-state index >= 15 is 0 Å². The highest BCUT2D eigenvalue weighted by atomic mass is 16.5. The molecule has 0 aromatic rings. The fourth-order valence-corrected chi connectivity index (χ4v) is 2.35. The summed E-state index contributed by atoms with van der Waals surface area (Å²) in [6.07, 6.45) is 5.65. The first kappa shape index (κ1) is 8.09. The fraction of sp³-hybridized carbons (Fsp3) is 0.900. The molecule has 1 saturated heterocycles. The van der Waals surface area contributed by atoms with Gasteiger partial charge in [0.2, 0.25) is 0 Å². The van der Waals surface area contributed by atoms with Gasteiger partial charge in [-0.3, -0.25) is 4.79 Å². The van der Waals surface area contributed by atoms with E-state index in [1.807, 2.05) is 0 Å². The molecule has 3 unspecified atom stereocenters. The van der Waals surface area contributed by atoms with E-state index in [9.17, 15) is 4.79 Å². The van der Waals surface area contributed by atoms with Crippen LogP contribution in [-0.2, 0) is 9.53 Å². The van der Waals surface area contributed by atoms with Crippen molar-refractivity contribution in [1.29, 1.82) is 0 Å². The Kier molecular flexibility index (Phi) is 2.07. The molecule has 3 atom stereocenters. The lowest BCUT2D eigenvalue weighted by molar-refractivity contribution is -0.152. The average molecular weight is 168 g/mol. The number of rotatable bonds is 0. The minimum atomic E-state index is 0.0362. The van der Waals surface area contributed by atoms with Gasteiger partial charge in [0.1, 0.15) is 6.10 Å². The van der Waals surface area contributed by atoms with Gasteiger partial charge in [0.15, 0.2) is 0 Å². The van der Waals surface area contributed by atoms with Crippen molar-refractivity contribution in [2.75, 3.05) is 0 Å². The minimum absolute atomic E-state index is 0.0362. The lowest BCUT2D eigenvalue weighted by Gasteiger charge is -2.22. The number of hydrogen-bond acceptors (Lipinski definition) is 2. The van der Waals surface area contributed by atoms with Gasteiger partial charge in [-0.25, -0.2) is 0 Å². The molecule has 1 aliphatic carbocycles. The molecule has 2 fully saturated rings. The van der Waals surface area contributed by atoms with Crippen molar-refractivity contribution in [2.45, 2.75) is 45.1 Å². The van der Waals surface area contributed by atoms with E-state index in [-0.39, 0.29) is 12.1 Å². The first-order valence-electron chi connectivity index (χ1n) is 4.95. The Bertz CT molecular complexity index is 186. The maximum atomic E-state index is 11.2. The third-order valence-corrected chi connectivity index (χ3v) is 3.26. The minimum Gasteiger partial charge on any atom is -0.462 e. The smallest absolute Gasteiger partial charge is 0.306 e. The van der Waals surface area contributed by atoms with Crippen LogP contribution in [0.2, 0.25) is 0 Å². The van der Waals surface area contributed by atoms with Crippen LogP contribution >= 0.6 is 0 Å². The van der Waals surface area contributed by atoms with Gasteiger partial charge in [-0.2, -0.15) is 0 Å². The maximum Gasteiger partial charge on any atom is 0.306 e. The third-order valence-electron chi connectivity index (χ3n) is 3.26. The fourth-order valence-electron chi connectivity index (χ4n) is 2.35. The Morgan fingerprint density at radius 2 is 2.00 bits per heavy atom. The molecule has 1 aliphatic heterocycles. The zero-order valence-corrected chi connectivity index (χ0v) is 7.58. The van der Waals surface area contributed by atoms with E-state index in [0.29, 0.717) is 18.3 Å². The number of fused-ring (bicyclic) bond motifs is 3. The number of ether oxygens (including phenoxy) is 1. The molecule has 2 aliphatic rings. The molecule has 0 spiro atoms. The van der Waals surface area contributed by atoms with Gasteiger partial charge in [0.25, 0.3) is 0 Å². The highest BCUT2D eigenvalue weighted by Crippen LogP contribution is 2.34. The van der Waals surface area contributed by atoms with Gasteiger partial charge in [-0.15, -0.1) is 0 Å². The van der Waals surface area contributed by atoms with E-state index in [1.54, 1.807) is 0 Å². The van der Waals surface area contributed by atoms with E-state index in [2.05, 4.69) is 6.92 Å². The van der Waals surface area contributed by atoms with Gasteiger partial charge in [-0.05, 0) is 37.5 Å². The van der Waals surface area contributed by atoms with Gasteiger partial charge >= 0.3 is 5.97 Å². The summed E-state index contributed by atoms with van der Waals surface area (Å²) in [5.74, 6) is 1.24. The Labute approximate surface area is 73.3 Å². The Morgan fingerprint density at radius 3 is 2.83 bits per heavy atom. The third kappa shape index (κ3) is 1.47. The molecular formula is C10H16O2. The van der Waals surface area contributed by atoms with Gasteiger partial charge < -0.3 is 4.74 Å². The molecule has 0 aromatic carbocycles. The number of hydrogen-bond donors (Lipinski definition) is 0. The molecule has 2 rings (SSSR count). The summed E-state index contributed by atoms with van der Waals surface area (Å²) in [5, 5.41) is 0. The van der Waals surface area contributed by atoms with Crippen molar-refractivity contribution in [3.8, 4) is 0 Å². The molecule has 0 radical (unpaired) electrons. The second kappa shape index (κ2) is 3.08. The molecule has 0 N–H and O–H groups in total. The summed E-state index contributed by atoms with van der Waals surface area (Å²) in [5.41, 5.74) is 0. The standard InChI is InChI=1S/C10H16O2/c1-7-2-3-8-4-5-9(7)12-10(11)6-8/h7-9H,2-6H2,1H3. The second-order valence-electron chi connectivity index (χ2n) is 4.23. The van der Waals surface area contributed by atoms with E-state index in [4.69, 9.17) is 4.74 Å². The van der Waals surface area contributed by atoms with Crippen LogP contribution in [0.5, 0.6) is 0 Å². The van der Waals surface area contributed by atoms with Crippen LogP contribution in [0.15, 0.2) is 0 Å². The Hall–Kier alpha value is -0.530. The van der Waals surface area contributed by atoms with Crippen molar-refractivity contribution in [2.24, 2.45) is 11.8 Å². The first-order valence-corrected chi connectivity index (χ1v) is 4.95. The van der Waals surface area contributed by atoms with E-state index < -0.39 is 0 Å². The van der Waals surface area contributed by atoms with Crippen LogP contribution in [0.3, 0.4) is 0 Å². The molecule has 2 heteroatoms. The maximum absolute atomic E-state index is 11.2. The molecular weight excluding hydrogens is 152 g/mol. The Morgan fingerprint density at radius 1 is 1.25 bits per heavy atom. The number of carbonyl (C=O) groups excluding carboxylic acids is 1. The number of carbonyl (C=O) groups is 1. The van der Waals surface area contributed by atoms with Gasteiger partial charge in [0.05, 0.1) is 0 Å². The summed E-state index contributed by atoms with van der Waals surface area (Å²) >= 11 is 0. The predicted octanol–water partition coefficient (Wildman–Crippen LogP) is 2.13. The second-order valence-corrected chi connectivity index (χ2v) is 4.23. The molecule has 0 aromatic heterocycles. The summed E-state index contributed by atoms with van der Waals surface area (Å²) < 4.78 is 5.36. The zero-order chi connectivity index (χ0) is 8.55. The molecule has 0 amide bonds. The topological polar surface area (TPSA) is 26.3 Å². The largest absolute Gasteiger partial charge is 0.462 e. The molecule has 2 nitrogen and oxygen atoms in total. The lowest BCUT2D eigenvalue weighted by atomic mass is 9.95. The van der Waals surface area contributed by atoms with E-state index in [0.717, 1.165) is 6.42 Å². The molecule has 68 valence electrons. The first-order chi connectivity index (χ1) is 5.75. The summed E-state index contributed by atoms with van der Waals surface area (Å²) in [6, 6.07) is 0. The van der Waals surface area contributed by atoms with Crippen LogP contribution in [0.4, 0.5) is 0 Å². The Balaban J connectivity index is 2.14. The van der Waals surface area contributed by atoms with Crippen LogP contribution < -0.4 is 0 Å². The van der Waals surface area contributed by atoms with Crippen molar-refractivity contribution in [1.82, 2.24) is 0 Å². The van der Waals surface area contributed by atoms with Crippen LogP contribution in [0.1, 0.15) is 39.0 Å². The summed E-state index contributed by atoms with van der Waals surface area (Å²) in [7, 11) is 0. The van der Waals surface area contributed by atoms with Gasteiger partial charge in [-0.1, -0.05) is 6.92 Å². The van der Waals surface area contributed by atoms with Crippen LogP contribution in [-0.4, -0.2) is 12.1 Å². The van der Waals surface area contributed by atoms with Crippen molar-refractivity contribution < 1.29 is 9.53 Å². The van der Waals surface area contributed by atoms with Crippen molar-refractivity contribution in [3.63, 3.8) is 0 Å². The average Bonchev–Trinajstić information content (AvgIpc) is 2.29. The molecule has 2 bridgehead atoms. The predicted molar refractivity (Wildman–Crippen MR) is 45.6 cm³/mol. The monoisotopic (exact) mass is 168 g/mol. The summed E-state index contributed by atoms with van der Waals surface area (Å²) in [6.45, 7) is 2.20. The highest BCUT2D eigenvalue weighted by Gasteiger charge is 2.32. The van der Waals surface area contributed by atoms with Crippen LogP contribution in [0.25, 0.3) is 0 Å². The van der Waals surface area contributed by atoms with Crippen molar-refractivity contribution >= 4 is 5.97 Å². The molecule has 1 heterocycles. The zero-order valence-electron chi connectivity index (χ0n) is 7.58. The SMILES string of the molecule is CC1CCC2CCC1OC(=O)C2. The quantitative estimate of drug-likeness (QED) is 0.518. The van der Waals surface area contributed by atoms with Gasteiger partial charge in [0, 0.05) is 6.42 Å². The molecule has 1 saturated carbocycles. The molecule has 12 heavy (non-hydrogen) atoms. The lowest BCUT2D eigenvalue weighted by Crippen LogP contribution is -2.24. The van der Waals surface area contributed by atoms with E-state index in [1.165, 1.54) is 19.3 Å².